The molecule has 8 heavy (non-hydrogen) atoms. The minimum absolute atomic E-state index is 0.299. The molecule has 1 rings (SSSR count). The summed E-state index contributed by atoms with van der Waals surface area (Å²) in [7, 11) is 0. The molecule has 0 bridgehead atoms. The SMILES string of the molecule is O=CC1=NN=CCN1. The molecule has 0 aromatic carbocycles. The molecule has 0 amide bonds. The van der Waals surface area contributed by atoms with E-state index in [1.165, 1.54) is 0 Å². The molecule has 4 nitrogen and oxygen atoms in total. The second kappa shape index (κ2) is 2.20. The normalized spacial score (nSPS) is 16.8. The molecule has 4 heteroatoms. The third-order valence-electron chi connectivity index (χ3n) is 0.733. The zero-order valence-corrected chi connectivity index (χ0v) is 4.16. The summed E-state index contributed by atoms with van der Waals surface area (Å²) >= 11 is 0. The van der Waals surface area contributed by atoms with Gasteiger partial charge in [0.1, 0.15) is 0 Å². The van der Waals surface area contributed by atoms with Gasteiger partial charge in [-0.15, -0.1) is 5.10 Å². The fraction of sp³-hybridized carbons (Fsp3) is 0.250. The van der Waals surface area contributed by atoms with E-state index in [0.717, 1.165) is 0 Å². The largest absolute Gasteiger partial charge is 0.361 e. The van der Waals surface area contributed by atoms with Gasteiger partial charge in [0.05, 0.1) is 6.54 Å². The first-order valence-corrected chi connectivity index (χ1v) is 2.22. The molecule has 0 unspecified atom stereocenters. The third-order valence-corrected chi connectivity index (χ3v) is 0.733. The Morgan fingerprint density at radius 3 is 3.12 bits per heavy atom. The van der Waals surface area contributed by atoms with Crippen molar-refractivity contribution in [3.05, 3.63) is 0 Å². The average Bonchev–Trinajstić information content (AvgIpc) is 1.90. The molecule has 0 aromatic heterocycles. The maximum atomic E-state index is 9.89. The maximum Gasteiger partial charge on any atom is 0.189 e. The van der Waals surface area contributed by atoms with Gasteiger partial charge in [-0.2, -0.15) is 5.10 Å². The number of amidine groups is 1. The first-order chi connectivity index (χ1) is 3.93. The fourth-order valence-electron chi connectivity index (χ4n) is 0.395. The van der Waals surface area contributed by atoms with Crippen molar-refractivity contribution in [2.24, 2.45) is 10.2 Å². The van der Waals surface area contributed by atoms with Crippen LogP contribution in [0.1, 0.15) is 0 Å². The lowest BCUT2D eigenvalue weighted by Gasteiger charge is -2.00. The zero-order chi connectivity index (χ0) is 5.82. The predicted molar refractivity (Wildman–Crippen MR) is 30.0 cm³/mol. The Labute approximate surface area is 46.3 Å². The standard InChI is InChI=1S/C4H5N3O/c8-3-4-5-1-2-6-7-4/h2-3H,1H2,(H,5,7). The quantitative estimate of drug-likeness (QED) is 0.449. The van der Waals surface area contributed by atoms with Crippen LogP contribution in [0.2, 0.25) is 0 Å². The lowest BCUT2D eigenvalue weighted by Crippen LogP contribution is -2.28. The molecule has 0 saturated carbocycles. The van der Waals surface area contributed by atoms with Crippen LogP contribution in [0.15, 0.2) is 10.2 Å². The van der Waals surface area contributed by atoms with Gasteiger partial charge in [0, 0.05) is 6.21 Å². The smallest absolute Gasteiger partial charge is 0.189 e. The van der Waals surface area contributed by atoms with Gasteiger partial charge in [-0.05, 0) is 0 Å². The summed E-state index contributed by atoms with van der Waals surface area (Å²) in [5.74, 6) is 0.299. The highest BCUT2D eigenvalue weighted by Crippen LogP contribution is 1.76. The Bertz CT molecular complexity index is 149. The summed E-state index contributed by atoms with van der Waals surface area (Å²) in [6.07, 6.45) is 2.23. The van der Waals surface area contributed by atoms with Gasteiger partial charge in [0.15, 0.2) is 12.1 Å². The second-order valence-electron chi connectivity index (χ2n) is 1.28. The van der Waals surface area contributed by atoms with E-state index in [9.17, 15) is 4.79 Å². The minimum Gasteiger partial charge on any atom is -0.361 e. The van der Waals surface area contributed by atoms with Crippen LogP contribution in [0.3, 0.4) is 0 Å². The number of rotatable bonds is 1. The van der Waals surface area contributed by atoms with Crippen LogP contribution in [0.25, 0.3) is 0 Å². The molecule has 0 aromatic rings. The van der Waals surface area contributed by atoms with Crippen LogP contribution in [0.4, 0.5) is 0 Å². The fourth-order valence-corrected chi connectivity index (χ4v) is 0.395. The molecular formula is C4H5N3O. The van der Waals surface area contributed by atoms with E-state index in [2.05, 4.69) is 15.5 Å². The van der Waals surface area contributed by atoms with Crippen molar-refractivity contribution in [1.29, 1.82) is 0 Å². The van der Waals surface area contributed by atoms with Crippen molar-refractivity contribution in [3.63, 3.8) is 0 Å². The molecule has 42 valence electrons. The lowest BCUT2D eigenvalue weighted by atomic mass is 10.6. The van der Waals surface area contributed by atoms with Crippen molar-refractivity contribution in [2.75, 3.05) is 6.54 Å². The number of nitrogens with zero attached hydrogens (tertiary/aromatic N) is 2. The van der Waals surface area contributed by atoms with E-state index in [4.69, 9.17) is 0 Å². The Kier molecular flexibility index (Phi) is 1.37. The van der Waals surface area contributed by atoms with Crippen LogP contribution in [-0.2, 0) is 4.79 Å². The molecule has 1 aliphatic heterocycles. The van der Waals surface area contributed by atoms with Crippen molar-refractivity contribution in [3.8, 4) is 0 Å². The summed E-state index contributed by atoms with van der Waals surface area (Å²) in [5.41, 5.74) is 0. The molecule has 0 fully saturated rings. The van der Waals surface area contributed by atoms with Gasteiger partial charge in [0.25, 0.3) is 0 Å². The first kappa shape index (κ1) is 4.96. The van der Waals surface area contributed by atoms with Crippen LogP contribution in [0.5, 0.6) is 0 Å². The predicted octanol–water partition coefficient (Wildman–Crippen LogP) is -0.827. The van der Waals surface area contributed by atoms with Gasteiger partial charge < -0.3 is 5.32 Å². The lowest BCUT2D eigenvalue weighted by molar-refractivity contribution is -0.102. The molecule has 0 spiro atoms. The van der Waals surface area contributed by atoms with E-state index in [1.54, 1.807) is 6.21 Å². The maximum absolute atomic E-state index is 9.89. The minimum atomic E-state index is 0.299. The van der Waals surface area contributed by atoms with Crippen molar-refractivity contribution in [1.82, 2.24) is 5.32 Å². The molecule has 1 heterocycles. The number of carbonyl (C=O) groups is 1. The third kappa shape index (κ3) is 0.900. The Morgan fingerprint density at radius 2 is 2.75 bits per heavy atom. The summed E-state index contributed by atoms with van der Waals surface area (Å²) in [6, 6.07) is 0. The highest BCUT2D eigenvalue weighted by molar-refractivity contribution is 6.27. The van der Waals surface area contributed by atoms with E-state index < -0.39 is 0 Å². The topological polar surface area (TPSA) is 53.8 Å². The highest BCUT2D eigenvalue weighted by Gasteiger charge is 1.95. The molecular weight excluding hydrogens is 106 g/mol. The van der Waals surface area contributed by atoms with Crippen molar-refractivity contribution < 1.29 is 4.79 Å². The molecule has 0 radical (unpaired) electrons. The van der Waals surface area contributed by atoms with E-state index >= 15 is 0 Å². The van der Waals surface area contributed by atoms with Gasteiger partial charge in [-0.25, -0.2) is 0 Å². The van der Waals surface area contributed by atoms with Gasteiger partial charge in [-0.3, -0.25) is 4.79 Å². The van der Waals surface area contributed by atoms with Crippen LogP contribution >= 0.6 is 0 Å². The Morgan fingerprint density at radius 1 is 1.88 bits per heavy atom. The van der Waals surface area contributed by atoms with E-state index in [1.807, 2.05) is 0 Å². The second-order valence-corrected chi connectivity index (χ2v) is 1.28. The van der Waals surface area contributed by atoms with Crippen molar-refractivity contribution >= 4 is 18.3 Å². The Balaban J connectivity index is 2.63. The highest BCUT2D eigenvalue weighted by atomic mass is 16.1. The van der Waals surface area contributed by atoms with Gasteiger partial charge in [-0.1, -0.05) is 0 Å². The molecule has 0 aliphatic carbocycles. The average molecular weight is 111 g/mol. The number of hydrogen-bond acceptors (Lipinski definition) is 4. The zero-order valence-electron chi connectivity index (χ0n) is 4.16. The number of aldehydes is 1. The summed E-state index contributed by atoms with van der Waals surface area (Å²) < 4.78 is 0. The molecule has 1 aliphatic rings. The van der Waals surface area contributed by atoms with Crippen LogP contribution in [0, 0.1) is 0 Å². The monoisotopic (exact) mass is 111 g/mol. The van der Waals surface area contributed by atoms with Gasteiger partial charge >= 0.3 is 0 Å². The summed E-state index contributed by atoms with van der Waals surface area (Å²) in [4.78, 5) is 9.89. The first-order valence-electron chi connectivity index (χ1n) is 2.22. The van der Waals surface area contributed by atoms with Gasteiger partial charge in [0.2, 0.25) is 0 Å². The van der Waals surface area contributed by atoms with E-state index in [0.29, 0.717) is 18.7 Å². The molecule has 0 atom stereocenters. The van der Waals surface area contributed by atoms with Crippen LogP contribution in [-0.4, -0.2) is 24.9 Å². The molecule has 1 N–H and O–H groups in total. The number of carbonyl (C=O) groups excluding carboxylic acids is 1. The Hall–Kier alpha value is -1.19. The summed E-state index contributed by atoms with van der Waals surface area (Å²) in [6.45, 7) is 0.595. The molecule has 0 saturated heterocycles. The van der Waals surface area contributed by atoms with Crippen LogP contribution < -0.4 is 5.32 Å². The summed E-state index contributed by atoms with van der Waals surface area (Å²) in [5, 5.41) is 9.65. The number of nitrogens with one attached hydrogen (secondary N) is 1. The van der Waals surface area contributed by atoms with E-state index in [-0.39, 0.29) is 0 Å². The van der Waals surface area contributed by atoms with Crippen molar-refractivity contribution in [2.45, 2.75) is 0 Å². The number of hydrogen-bond donors (Lipinski definition) is 1.